The summed E-state index contributed by atoms with van der Waals surface area (Å²) in [6.45, 7) is 6.16. The molecule has 1 aliphatic rings. The van der Waals surface area contributed by atoms with Crippen molar-refractivity contribution < 1.29 is 13.9 Å². The largest absolute Gasteiger partial charge is 0.472 e. The lowest BCUT2D eigenvalue weighted by Gasteiger charge is -2.27. The SMILES string of the molecule is C/C=C\C(=C/CC)COc1cc2n(n1)CCN(C(=O)c1ccc(F)cc1)C2. The Labute approximate surface area is 158 Å². The highest BCUT2D eigenvalue weighted by Crippen LogP contribution is 2.20. The fourth-order valence-corrected chi connectivity index (χ4v) is 3.07. The van der Waals surface area contributed by atoms with Crippen molar-refractivity contribution in [3.8, 4) is 5.88 Å². The summed E-state index contributed by atoms with van der Waals surface area (Å²) in [5, 5.41) is 4.48. The molecular formula is C21H24FN3O2. The van der Waals surface area contributed by atoms with Gasteiger partial charge in [-0.1, -0.05) is 25.2 Å². The molecule has 1 aromatic carbocycles. The third-order valence-electron chi connectivity index (χ3n) is 4.39. The predicted octanol–water partition coefficient (Wildman–Crippen LogP) is 3.97. The Bertz CT molecular complexity index is 853. The molecule has 1 aliphatic heterocycles. The number of halogens is 1. The van der Waals surface area contributed by atoms with Crippen molar-refractivity contribution in [2.45, 2.75) is 33.4 Å². The number of allylic oxidation sites excluding steroid dienone is 2. The average Bonchev–Trinajstić information content (AvgIpc) is 3.08. The van der Waals surface area contributed by atoms with E-state index in [0.717, 1.165) is 17.7 Å². The maximum atomic E-state index is 13.1. The molecule has 2 heterocycles. The van der Waals surface area contributed by atoms with Crippen LogP contribution in [-0.2, 0) is 13.1 Å². The van der Waals surface area contributed by atoms with E-state index >= 15 is 0 Å². The van der Waals surface area contributed by atoms with Gasteiger partial charge in [-0.3, -0.25) is 9.48 Å². The highest BCUT2D eigenvalue weighted by molar-refractivity contribution is 5.94. The van der Waals surface area contributed by atoms with Crippen molar-refractivity contribution in [2.24, 2.45) is 0 Å². The van der Waals surface area contributed by atoms with Crippen LogP contribution >= 0.6 is 0 Å². The van der Waals surface area contributed by atoms with Crippen molar-refractivity contribution in [2.75, 3.05) is 13.2 Å². The third kappa shape index (κ3) is 4.64. The van der Waals surface area contributed by atoms with Crippen molar-refractivity contribution in [3.63, 3.8) is 0 Å². The molecule has 0 radical (unpaired) electrons. The highest BCUT2D eigenvalue weighted by atomic mass is 19.1. The van der Waals surface area contributed by atoms with Crippen LogP contribution in [0.25, 0.3) is 0 Å². The molecular weight excluding hydrogens is 345 g/mol. The van der Waals surface area contributed by atoms with E-state index in [2.05, 4.69) is 18.1 Å². The number of hydrogen-bond donors (Lipinski definition) is 0. The average molecular weight is 369 g/mol. The first-order valence-corrected chi connectivity index (χ1v) is 9.16. The smallest absolute Gasteiger partial charge is 0.254 e. The molecule has 0 N–H and O–H groups in total. The summed E-state index contributed by atoms with van der Waals surface area (Å²) < 4.78 is 20.8. The Morgan fingerprint density at radius 2 is 2.07 bits per heavy atom. The number of carbonyl (C=O) groups is 1. The molecule has 2 aromatic rings. The summed E-state index contributed by atoms with van der Waals surface area (Å²) in [5.41, 5.74) is 2.53. The number of fused-ring (bicyclic) bond motifs is 1. The molecule has 142 valence electrons. The van der Waals surface area contributed by atoms with Crippen LogP contribution in [0.15, 0.2) is 54.1 Å². The third-order valence-corrected chi connectivity index (χ3v) is 4.39. The zero-order chi connectivity index (χ0) is 19.2. The van der Waals surface area contributed by atoms with E-state index < -0.39 is 0 Å². The van der Waals surface area contributed by atoms with E-state index in [1.54, 1.807) is 4.90 Å². The quantitative estimate of drug-likeness (QED) is 0.724. The Morgan fingerprint density at radius 3 is 2.78 bits per heavy atom. The molecule has 0 saturated heterocycles. The standard InChI is InChI=1S/C21H24FN3O2/c1-3-5-16(6-4-2)15-27-20-13-19-14-24(11-12-25(19)23-20)21(26)17-7-9-18(22)10-8-17/h3,5-10,13H,4,11-12,14-15H2,1-2H3/b5-3-,16-6+. The number of carbonyl (C=O) groups excluding carboxylic acids is 1. The minimum Gasteiger partial charge on any atom is -0.472 e. The topological polar surface area (TPSA) is 47.4 Å². The number of benzene rings is 1. The summed E-state index contributed by atoms with van der Waals surface area (Å²) in [5.74, 6) is 0.109. The lowest BCUT2D eigenvalue weighted by atomic mass is 10.1. The second-order valence-electron chi connectivity index (χ2n) is 6.41. The van der Waals surface area contributed by atoms with Gasteiger partial charge in [0.2, 0.25) is 5.88 Å². The first-order chi connectivity index (χ1) is 13.1. The lowest BCUT2D eigenvalue weighted by molar-refractivity contribution is 0.0706. The van der Waals surface area contributed by atoms with E-state index in [0.29, 0.717) is 37.7 Å². The number of rotatable bonds is 6. The van der Waals surface area contributed by atoms with Gasteiger partial charge in [-0.05, 0) is 43.2 Å². The second kappa shape index (κ2) is 8.66. The van der Waals surface area contributed by atoms with Crippen LogP contribution in [0.4, 0.5) is 4.39 Å². The van der Waals surface area contributed by atoms with Crippen LogP contribution in [0.5, 0.6) is 5.88 Å². The van der Waals surface area contributed by atoms with E-state index in [4.69, 9.17) is 4.74 Å². The molecule has 0 atom stereocenters. The minimum absolute atomic E-state index is 0.105. The molecule has 0 fully saturated rings. The van der Waals surface area contributed by atoms with E-state index in [9.17, 15) is 9.18 Å². The molecule has 0 aliphatic carbocycles. The Balaban J connectivity index is 1.65. The van der Waals surface area contributed by atoms with Crippen molar-refractivity contribution in [1.82, 2.24) is 14.7 Å². The van der Waals surface area contributed by atoms with Crippen molar-refractivity contribution in [1.29, 1.82) is 0 Å². The number of ether oxygens (including phenoxy) is 1. The van der Waals surface area contributed by atoms with Crippen molar-refractivity contribution in [3.05, 3.63) is 71.2 Å². The lowest BCUT2D eigenvalue weighted by Crippen LogP contribution is -2.38. The van der Waals surface area contributed by atoms with Gasteiger partial charge in [0, 0.05) is 18.2 Å². The van der Waals surface area contributed by atoms with Crippen LogP contribution in [0.2, 0.25) is 0 Å². The molecule has 0 saturated carbocycles. The Morgan fingerprint density at radius 1 is 1.30 bits per heavy atom. The summed E-state index contributed by atoms with van der Waals surface area (Å²) in [6.07, 6.45) is 7.09. The molecule has 0 bridgehead atoms. The fourth-order valence-electron chi connectivity index (χ4n) is 3.07. The zero-order valence-corrected chi connectivity index (χ0v) is 15.7. The molecule has 0 unspecified atom stereocenters. The van der Waals surface area contributed by atoms with Gasteiger partial charge in [-0.25, -0.2) is 4.39 Å². The maximum absolute atomic E-state index is 13.1. The first kappa shape index (κ1) is 18.9. The van der Waals surface area contributed by atoms with Crippen LogP contribution in [-0.4, -0.2) is 33.7 Å². The normalized spacial score (nSPS) is 14.5. The highest BCUT2D eigenvalue weighted by Gasteiger charge is 2.23. The zero-order valence-electron chi connectivity index (χ0n) is 15.7. The molecule has 6 heteroatoms. The summed E-state index contributed by atoms with van der Waals surface area (Å²) >= 11 is 0. The van der Waals surface area contributed by atoms with Gasteiger partial charge < -0.3 is 9.64 Å². The Hall–Kier alpha value is -2.89. The van der Waals surface area contributed by atoms with E-state index in [1.807, 2.05) is 29.8 Å². The number of amides is 1. The van der Waals surface area contributed by atoms with Gasteiger partial charge in [-0.2, -0.15) is 0 Å². The summed E-state index contributed by atoms with van der Waals surface area (Å²) in [4.78, 5) is 14.4. The monoisotopic (exact) mass is 369 g/mol. The maximum Gasteiger partial charge on any atom is 0.254 e. The van der Waals surface area contributed by atoms with Gasteiger partial charge >= 0.3 is 0 Å². The van der Waals surface area contributed by atoms with Gasteiger partial charge in [0.15, 0.2) is 0 Å². The van der Waals surface area contributed by atoms with E-state index in [1.165, 1.54) is 24.3 Å². The van der Waals surface area contributed by atoms with Crippen LogP contribution in [0, 0.1) is 5.82 Å². The Kier molecular flexibility index (Phi) is 6.06. The van der Waals surface area contributed by atoms with Gasteiger partial charge in [0.25, 0.3) is 5.91 Å². The molecule has 3 rings (SSSR count). The van der Waals surface area contributed by atoms with Crippen LogP contribution in [0.1, 0.15) is 36.3 Å². The summed E-state index contributed by atoms with van der Waals surface area (Å²) in [7, 11) is 0. The predicted molar refractivity (Wildman–Crippen MR) is 102 cm³/mol. The van der Waals surface area contributed by atoms with Gasteiger partial charge in [0.05, 0.1) is 18.8 Å². The molecule has 5 nitrogen and oxygen atoms in total. The first-order valence-electron chi connectivity index (χ1n) is 9.16. The number of nitrogens with zero attached hydrogens (tertiary/aromatic N) is 3. The van der Waals surface area contributed by atoms with Gasteiger partial charge in [0.1, 0.15) is 12.4 Å². The van der Waals surface area contributed by atoms with Crippen molar-refractivity contribution >= 4 is 5.91 Å². The number of hydrogen-bond acceptors (Lipinski definition) is 3. The fraction of sp³-hybridized carbons (Fsp3) is 0.333. The van der Waals surface area contributed by atoms with Gasteiger partial charge in [-0.15, -0.1) is 5.10 Å². The molecule has 1 aromatic heterocycles. The van der Waals surface area contributed by atoms with Crippen LogP contribution < -0.4 is 4.74 Å². The van der Waals surface area contributed by atoms with E-state index in [-0.39, 0.29) is 11.7 Å². The molecule has 1 amide bonds. The van der Waals surface area contributed by atoms with Crippen LogP contribution in [0.3, 0.4) is 0 Å². The minimum atomic E-state index is -0.348. The molecule has 27 heavy (non-hydrogen) atoms. The number of aromatic nitrogens is 2. The molecule has 0 spiro atoms. The second-order valence-corrected chi connectivity index (χ2v) is 6.41. The summed E-state index contributed by atoms with van der Waals surface area (Å²) in [6, 6.07) is 7.52.